The zero-order chi connectivity index (χ0) is 13.5. The van der Waals surface area contributed by atoms with Gasteiger partial charge >= 0.3 is 0 Å². The van der Waals surface area contributed by atoms with Crippen LogP contribution in [-0.4, -0.2) is 19.7 Å². The molecule has 0 spiro atoms. The largest absolute Gasteiger partial charge is 0.377 e. The Hall–Kier alpha value is -0.570. The van der Waals surface area contributed by atoms with Crippen LogP contribution in [0.3, 0.4) is 0 Å². The monoisotopic (exact) mass is 297 g/mol. The van der Waals surface area contributed by atoms with Gasteiger partial charge in [0.2, 0.25) is 0 Å². The number of hydrogen-bond donors (Lipinski definition) is 1. The first-order valence-electron chi connectivity index (χ1n) is 7.63. The van der Waals surface area contributed by atoms with Gasteiger partial charge in [-0.2, -0.15) is 0 Å². The van der Waals surface area contributed by atoms with Gasteiger partial charge in [0.05, 0.1) is 6.61 Å². The molecule has 20 heavy (non-hydrogen) atoms. The Kier molecular flexibility index (Phi) is 8.20. The van der Waals surface area contributed by atoms with E-state index in [1.807, 2.05) is 0 Å². The van der Waals surface area contributed by atoms with E-state index >= 15 is 0 Å². The number of hydrogen-bond acceptors (Lipinski definition) is 2. The molecule has 0 unspecified atom stereocenters. The number of ether oxygens (including phenoxy) is 1. The lowest BCUT2D eigenvalue weighted by Gasteiger charge is -2.22. The molecule has 2 nitrogen and oxygen atoms in total. The molecule has 0 saturated carbocycles. The first-order chi connectivity index (χ1) is 9.25. The second-order valence-corrected chi connectivity index (χ2v) is 5.93. The Morgan fingerprint density at radius 2 is 1.80 bits per heavy atom. The molecule has 1 N–H and O–H groups in total. The van der Waals surface area contributed by atoms with E-state index in [1.54, 1.807) is 0 Å². The summed E-state index contributed by atoms with van der Waals surface area (Å²) in [4.78, 5) is 0. The summed E-state index contributed by atoms with van der Waals surface area (Å²) in [5.74, 6) is 1.47. The molecule has 1 heterocycles. The van der Waals surface area contributed by atoms with Crippen LogP contribution in [0.2, 0.25) is 0 Å². The van der Waals surface area contributed by atoms with Crippen molar-refractivity contribution in [3.05, 3.63) is 35.4 Å². The van der Waals surface area contributed by atoms with Gasteiger partial charge in [0.25, 0.3) is 0 Å². The van der Waals surface area contributed by atoms with Gasteiger partial charge in [-0.25, -0.2) is 0 Å². The lowest BCUT2D eigenvalue weighted by molar-refractivity contribution is 0.103. The van der Waals surface area contributed by atoms with Crippen molar-refractivity contribution in [2.24, 2.45) is 5.92 Å². The van der Waals surface area contributed by atoms with Crippen LogP contribution in [0.25, 0.3) is 0 Å². The highest BCUT2D eigenvalue weighted by atomic mass is 35.5. The molecule has 1 fully saturated rings. The molecule has 0 radical (unpaired) electrons. The summed E-state index contributed by atoms with van der Waals surface area (Å²) in [7, 11) is 0. The van der Waals surface area contributed by atoms with Crippen molar-refractivity contribution in [1.82, 2.24) is 5.32 Å². The van der Waals surface area contributed by atoms with E-state index in [2.05, 4.69) is 43.4 Å². The molecule has 114 valence electrons. The third kappa shape index (κ3) is 5.82. The quantitative estimate of drug-likeness (QED) is 0.797. The maximum atomic E-state index is 5.80. The van der Waals surface area contributed by atoms with Crippen LogP contribution in [0.5, 0.6) is 0 Å². The van der Waals surface area contributed by atoms with Crippen molar-refractivity contribution in [2.75, 3.05) is 19.7 Å². The Morgan fingerprint density at radius 1 is 1.15 bits per heavy atom. The van der Waals surface area contributed by atoms with Crippen molar-refractivity contribution in [1.29, 1.82) is 0 Å². The molecule has 1 aliphatic heterocycles. The summed E-state index contributed by atoms with van der Waals surface area (Å²) >= 11 is 0. The van der Waals surface area contributed by atoms with Gasteiger partial charge in [-0.1, -0.05) is 38.1 Å². The Balaban J connectivity index is 0.00000200. The van der Waals surface area contributed by atoms with Crippen LogP contribution in [-0.2, 0) is 11.3 Å². The Morgan fingerprint density at radius 3 is 2.40 bits per heavy atom. The first kappa shape index (κ1) is 17.5. The molecule has 0 amide bonds. The van der Waals surface area contributed by atoms with E-state index in [9.17, 15) is 0 Å². The van der Waals surface area contributed by atoms with Gasteiger partial charge in [-0.05, 0) is 55.3 Å². The van der Waals surface area contributed by atoms with E-state index in [-0.39, 0.29) is 12.4 Å². The van der Waals surface area contributed by atoms with E-state index in [0.29, 0.717) is 5.92 Å². The molecule has 1 saturated heterocycles. The molecule has 2 rings (SSSR count). The fraction of sp³-hybridized carbons (Fsp3) is 0.647. The Bertz CT molecular complexity index is 358. The number of nitrogens with one attached hydrogen (secondary N) is 1. The van der Waals surface area contributed by atoms with E-state index < -0.39 is 0 Å². The normalized spacial score (nSPS) is 16.1. The smallest absolute Gasteiger partial charge is 0.0716 e. The maximum absolute atomic E-state index is 5.80. The zero-order valence-corrected chi connectivity index (χ0v) is 13.5. The second-order valence-electron chi connectivity index (χ2n) is 5.93. The molecular weight excluding hydrogens is 270 g/mol. The van der Waals surface area contributed by atoms with Gasteiger partial charge in [0, 0.05) is 6.61 Å². The second kappa shape index (κ2) is 9.38. The van der Waals surface area contributed by atoms with Gasteiger partial charge in [-0.3, -0.25) is 0 Å². The standard InChI is InChI=1S/C17H27NO.ClH/c1-14(2)17-5-3-16(4-6-17)13-19-12-9-15-7-10-18-11-8-15;/h3-6,14-15,18H,7-13H2,1-2H3;1H. The zero-order valence-electron chi connectivity index (χ0n) is 12.7. The predicted molar refractivity (Wildman–Crippen MR) is 87.6 cm³/mol. The summed E-state index contributed by atoms with van der Waals surface area (Å²) < 4.78 is 5.80. The molecule has 1 aliphatic rings. The highest BCUT2D eigenvalue weighted by molar-refractivity contribution is 5.85. The van der Waals surface area contributed by atoms with Crippen LogP contribution in [0.15, 0.2) is 24.3 Å². The Labute approximate surface area is 129 Å². The number of piperidine rings is 1. The molecule has 0 atom stereocenters. The average molecular weight is 298 g/mol. The fourth-order valence-electron chi connectivity index (χ4n) is 2.61. The van der Waals surface area contributed by atoms with Crippen molar-refractivity contribution < 1.29 is 4.74 Å². The van der Waals surface area contributed by atoms with E-state index in [1.165, 1.54) is 43.5 Å². The highest BCUT2D eigenvalue weighted by Crippen LogP contribution is 2.17. The highest BCUT2D eigenvalue weighted by Gasteiger charge is 2.12. The summed E-state index contributed by atoms with van der Waals surface area (Å²) in [5.41, 5.74) is 2.69. The molecule has 0 aliphatic carbocycles. The van der Waals surface area contributed by atoms with Gasteiger partial charge in [0.1, 0.15) is 0 Å². The predicted octanol–water partition coefficient (Wildman–Crippen LogP) is 4.14. The molecule has 1 aromatic carbocycles. The van der Waals surface area contributed by atoms with E-state index in [4.69, 9.17) is 4.74 Å². The number of rotatable bonds is 6. The summed E-state index contributed by atoms with van der Waals surface area (Å²) in [6.07, 6.45) is 3.84. The minimum atomic E-state index is 0. The number of halogens is 1. The molecule has 3 heteroatoms. The maximum Gasteiger partial charge on any atom is 0.0716 e. The van der Waals surface area contributed by atoms with Gasteiger partial charge in [0.15, 0.2) is 0 Å². The van der Waals surface area contributed by atoms with Crippen molar-refractivity contribution in [3.63, 3.8) is 0 Å². The lowest BCUT2D eigenvalue weighted by atomic mass is 9.95. The lowest BCUT2D eigenvalue weighted by Crippen LogP contribution is -2.28. The molecule has 0 bridgehead atoms. The minimum absolute atomic E-state index is 0. The SMILES string of the molecule is CC(C)c1ccc(COCCC2CCNCC2)cc1.Cl. The minimum Gasteiger partial charge on any atom is -0.377 e. The van der Waals surface area contributed by atoms with Gasteiger partial charge < -0.3 is 10.1 Å². The van der Waals surface area contributed by atoms with Crippen LogP contribution >= 0.6 is 12.4 Å². The van der Waals surface area contributed by atoms with Crippen LogP contribution in [0, 0.1) is 5.92 Å². The third-order valence-corrected chi connectivity index (χ3v) is 4.04. The molecule has 1 aromatic rings. The molecule has 0 aromatic heterocycles. The topological polar surface area (TPSA) is 21.3 Å². The molecular formula is C17H28ClNO. The fourth-order valence-corrected chi connectivity index (χ4v) is 2.61. The van der Waals surface area contributed by atoms with Gasteiger partial charge in [-0.15, -0.1) is 12.4 Å². The van der Waals surface area contributed by atoms with Crippen molar-refractivity contribution in [3.8, 4) is 0 Å². The van der Waals surface area contributed by atoms with E-state index in [0.717, 1.165) is 19.1 Å². The first-order valence-corrected chi connectivity index (χ1v) is 7.63. The van der Waals surface area contributed by atoms with Crippen LogP contribution in [0.1, 0.15) is 50.2 Å². The van der Waals surface area contributed by atoms with Crippen molar-refractivity contribution in [2.45, 2.75) is 45.6 Å². The van der Waals surface area contributed by atoms with Crippen molar-refractivity contribution >= 4 is 12.4 Å². The summed E-state index contributed by atoms with van der Waals surface area (Å²) in [5, 5.41) is 3.40. The third-order valence-electron chi connectivity index (χ3n) is 4.04. The van der Waals surface area contributed by atoms with Crippen LogP contribution < -0.4 is 5.32 Å². The summed E-state index contributed by atoms with van der Waals surface area (Å²) in [6.45, 7) is 8.47. The summed E-state index contributed by atoms with van der Waals surface area (Å²) in [6, 6.07) is 8.83. The van der Waals surface area contributed by atoms with Crippen LogP contribution in [0.4, 0.5) is 0 Å². The average Bonchev–Trinajstić information content (AvgIpc) is 2.45. The number of benzene rings is 1.